The third kappa shape index (κ3) is 2.82. The van der Waals surface area contributed by atoms with Gasteiger partial charge in [-0.15, -0.1) is 0 Å². The molecule has 0 aliphatic carbocycles. The van der Waals surface area contributed by atoms with E-state index in [2.05, 4.69) is 27.0 Å². The first-order chi connectivity index (χ1) is 7.33. The van der Waals surface area contributed by atoms with Crippen molar-refractivity contribution in [1.29, 1.82) is 0 Å². The summed E-state index contributed by atoms with van der Waals surface area (Å²) in [6.45, 7) is 0. The van der Waals surface area contributed by atoms with E-state index in [1.54, 1.807) is 7.11 Å². The number of methoxy groups -OCH3 is 1. The summed E-state index contributed by atoms with van der Waals surface area (Å²) >= 11 is 3.88. The van der Waals surface area contributed by atoms with Gasteiger partial charge in [-0.25, -0.2) is 0 Å². The van der Waals surface area contributed by atoms with Crippen molar-refractivity contribution in [3.8, 4) is 5.88 Å². The lowest BCUT2D eigenvalue weighted by Gasteiger charge is -2.27. The molecule has 2 heterocycles. The van der Waals surface area contributed by atoms with E-state index in [-0.39, 0.29) is 6.10 Å². The lowest BCUT2D eigenvalue weighted by Crippen LogP contribution is -2.22. The number of alkyl halides is 1. The fourth-order valence-corrected chi connectivity index (χ4v) is 3.16. The molecule has 1 fully saturated rings. The number of hydrogen-bond acceptors (Lipinski definition) is 4. The average molecular weight is 339 g/mol. The Bertz CT molecular complexity index is 318. The zero-order valence-electron chi connectivity index (χ0n) is 8.61. The van der Waals surface area contributed by atoms with Gasteiger partial charge in [0.15, 0.2) is 0 Å². The van der Waals surface area contributed by atoms with Gasteiger partial charge in [0.25, 0.3) is 0 Å². The first kappa shape index (κ1) is 11.6. The molecule has 0 saturated carbocycles. The summed E-state index contributed by atoms with van der Waals surface area (Å²) in [6, 6.07) is 1.99. The van der Waals surface area contributed by atoms with E-state index in [1.165, 1.54) is 29.3 Å². The Hall–Kier alpha value is 0.120. The number of ether oxygens (including phenoxy) is 2. The molecule has 5 heteroatoms. The van der Waals surface area contributed by atoms with E-state index in [0.29, 0.717) is 12.0 Å². The summed E-state index contributed by atoms with van der Waals surface area (Å²) < 4.78 is 16.3. The maximum atomic E-state index is 5.99. The highest BCUT2D eigenvalue weighted by atomic mass is 127. The molecule has 2 unspecified atom stereocenters. The number of aromatic nitrogens is 1. The summed E-state index contributed by atoms with van der Waals surface area (Å²) in [7, 11) is 1.65. The largest absolute Gasteiger partial charge is 0.480 e. The zero-order chi connectivity index (χ0) is 10.7. The Balaban J connectivity index is 2.03. The molecular weight excluding hydrogens is 325 g/mol. The molecule has 1 aromatic heterocycles. The summed E-state index contributed by atoms with van der Waals surface area (Å²) in [5, 5.41) is 0. The van der Waals surface area contributed by atoms with Gasteiger partial charge in [-0.3, -0.25) is 0 Å². The molecule has 84 valence electrons. The summed E-state index contributed by atoms with van der Waals surface area (Å²) in [4.78, 5) is 1.20. The van der Waals surface area contributed by atoms with E-state index in [9.17, 15) is 0 Å². The third-order valence-electron chi connectivity index (χ3n) is 2.55. The van der Waals surface area contributed by atoms with Crippen LogP contribution >= 0.6 is 34.1 Å². The second-order valence-electron chi connectivity index (χ2n) is 3.60. The molecule has 0 bridgehead atoms. The Morgan fingerprint density at radius 2 is 2.53 bits per heavy atom. The SMILES string of the molecule is COc1cc(C2CCCC(CI)O2)sn1. The van der Waals surface area contributed by atoms with Gasteiger partial charge in [-0.05, 0) is 30.8 Å². The van der Waals surface area contributed by atoms with Gasteiger partial charge in [0.05, 0.1) is 24.2 Å². The molecule has 3 nitrogen and oxygen atoms in total. The highest BCUT2D eigenvalue weighted by molar-refractivity contribution is 14.1. The fraction of sp³-hybridized carbons (Fsp3) is 0.700. The smallest absolute Gasteiger partial charge is 0.225 e. The van der Waals surface area contributed by atoms with E-state index >= 15 is 0 Å². The van der Waals surface area contributed by atoms with Crippen LogP contribution in [0, 0.1) is 0 Å². The standard InChI is InChI=1S/C10H14INO2S/c1-13-10-5-9(15-12-10)8-4-2-3-7(6-11)14-8/h5,7-8H,2-4,6H2,1H3. The topological polar surface area (TPSA) is 31.4 Å². The minimum Gasteiger partial charge on any atom is -0.480 e. The summed E-state index contributed by atoms with van der Waals surface area (Å²) in [5.41, 5.74) is 0. The van der Waals surface area contributed by atoms with Crippen molar-refractivity contribution in [3.05, 3.63) is 10.9 Å². The first-order valence-electron chi connectivity index (χ1n) is 5.05. The second kappa shape index (κ2) is 5.45. The van der Waals surface area contributed by atoms with Crippen LogP contribution in [0.5, 0.6) is 5.88 Å². The molecule has 2 rings (SSSR count). The van der Waals surface area contributed by atoms with Gasteiger partial charge in [-0.2, -0.15) is 4.37 Å². The zero-order valence-corrected chi connectivity index (χ0v) is 11.6. The number of hydrogen-bond donors (Lipinski definition) is 0. The van der Waals surface area contributed by atoms with Crippen molar-refractivity contribution in [3.63, 3.8) is 0 Å². The van der Waals surface area contributed by atoms with E-state index < -0.39 is 0 Å². The first-order valence-corrected chi connectivity index (χ1v) is 7.35. The highest BCUT2D eigenvalue weighted by Gasteiger charge is 2.24. The monoisotopic (exact) mass is 339 g/mol. The van der Waals surface area contributed by atoms with Gasteiger partial charge in [-0.1, -0.05) is 22.6 Å². The molecular formula is C10H14INO2S. The van der Waals surface area contributed by atoms with Gasteiger partial charge in [0.2, 0.25) is 5.88 Å². The van der Waals surface area contributed by atoms with Crippen LogP contribution in [0.4, 0.5) is 0 Å². The molecule has 0 amide bonds. The van der Waals surface area contributed by atoms with Crippen molar-refractivity contribution in [2.75, 3.05) is 11.5 Å². The van der Waals surface area contributed by atoms with Gasteiger partial charge >= 0.3 is 0 Å². The van der Waals surface area contributed by atoms with Crippen molar-refractivity contribution in [1.82, 2.24) is 4.37 Å². The van der Waals surface area contributed by atoms with Crippen LogP contribution in [0.25, 0.3) is 0 Å². The summed E-state index contributed by atoms with van der Waals surface area (Å²) in [6.07, 6.45) is 4.20. The molecule has 1 aliphatic heterocycles. The Morgan fingerprint density at radius 1 is 1.67 bits per heavy atom. The van der Waals surface area contributed by atoms with Crippen molar-refractivity contribution in [2.45, 2.75) is 31.5 Å². The van der Waals surface area contributed by atoms with E-state index in [0.717, 1.165) is 10.8 Å². The number of halogens is 1. The van der Waals surface area contributed by atoms with Crippen LogP contribution in [-0.2, 0) is 4.74 Å². The molecule has 2 atom stereocenters. The van der Waals surface area contributed by atoms with Crippen molar-refractivity contribution in [2.24, 2.45) is 0 Å². The Kier molecular flexibility index (Phi) is 4.21. The Labute approximate surface area is 107 Å². The van der Waals surface area contributed by atoms with Crippen LogP contribution in [-0.4, -0.2) is 22.0 Å². The lowest BCUT2D eigenvalue weighted by molar-refractivity contribution is -0.0357. The van der Waals surface area contributed by atoms with Crippen molar-refractivity contribution < 1.29 is 9.47 Å². The quantitative estimate of drug-likeness (QED) is 0.626. The van der Waals surface area contributed by atoms with E-state index in [4.69, 9.17) is 9.47 Å². The molecule has 0 radical (unpaired) electrons. The Morgan fingerprint density at radius 3 is 3.20 bits per heavy atom. The predicted octanol–water partition coefficient (Wildman–Crippen LogP) is 3.20. The highest BCUT2D eigenvalue weighted by Crippen LogP contribution is 2.35. The average Bonchev–Trinajstić information content (AvgIpc) is 2.78. The minimum atomic E-state index is 0.236. The van der Waals surface area contributed by atoms with Crippen LogP contribution in [0.2, 0.25) is 0 Å². The number of rotatable bonds is 3. The molecule has 1 saturated heterocycles. The molecule has 15 heavy (non-hydrogen) atoms. The third-order valence-corrected chi connectivity index (χ3v) is 4.40. The molecule has 1 aromatic rings. The molecule has 0 spiro atoms. The maximum absolute atomic E-state index is 5.99. The van der Waals surface area contributed by atoms with Gasteiger partial charge in [0.1, 0.15) is 0 Å². The van der Waals surface area contributed by atoms with Crippen LogP contribution in [0.1, 0.15) is 30.2 Å². The van der Waals surface area contributed by atoms with Crippen LogP contribution in [0.15, 0.2) is 6.07 Å². The molecule has 0 N–H and O–H groups in total. The normalized spacial score (nSPS) is 26.5. The fourth-order valence-electron chi connectivity index (χ4n) is 1.74. The van der Waals surface area contributed by atoms with Crippen LogP contribution in [0.3, 0.4) is 0 Å². The van der Waals surface area contributed by atoms with Crippen molar-refractivity contribution >= 4 is 34.1 Å². The molecule has 0 aromatic carbocycles. The predicted molar refractivity (Wildman–Crippen MR) is 69.0 cm³/mol. The summed E-state index contributed by atoms with van der Waals surface area (Å²) in [5.74, 6) is 0.704. The lowest BCUT2D eigenvalue weighted by atomic mass is 10.0. The van der Waals surface area contributed by atoms with Crippen LogP contribution < -0.4 is 4.74 Å². The second-order valence-corrected chi connectivity index (χ2v) is 5.32. The van der Waals surface area contributed by atoms with Gasteiger partial charge in [0, 0.05) is 10.5 Å². The number of nitrogens with zero attached hydrogens (tertiary/aromatic N) is 1. The maximum Gasteiger partial charge on any atom is 0.225 e. The van der Waals surface area contributed by atoms with Gasteiger partial charge < -0.3 is 9.47 Å². The minimum absolute atomic E-state index is 0.236. The molecule has 1 aliphatic rings. The van der Waals surface area contributed by atoms with E-state index in [1.807, 2.05) is 6.07 Å².